The number of aliphatic carboxylic acids is 1. The van der Waals surface area contributed by atoms with Crippen LogP contribution in [0.3, 0.4) is 0 Å². The summed E-state index contributed by atoms with van der Waals surface area (Å²) in [6.45, 7) is 3.75. The number of rotatable bonds is 6. The summed E-state index contributed by atoms with van der Waals surface area (Å²) < 4.78 is 0.214. The molecule has 2 rings (SSSR count). The first-order chi connectivity index (χ1) is 11.3. The summed E-state index contributed by atoms with van der Waals surface area (Å²) in [7, 11) is 0. The Morgan fingerprint density at radius 3 is 2.38 bits per heavy atom. The van der Waals surface area contributed by atoms with E-state index >= 15 is 0 Å². The van der Waals surface area contributed by atoms with E-state index in [1.807, 2.05) is 13.8 Å². The first-order valence-corrected chi connectivity index (χ1v) is 8.59. The van der Waals surface area contributed by atoms with E-state index in [1.54, 1.807) is 30.3 Å². The van der Waals surface area contributed by atoms with Gasteiger partial charge in [-0.3, -0.25) is 14.5 Å². The Morgan fingerprint density at radius 1 is 1.29 bits per heavy atom. The lowest BCUT2D eigenvalue weighted by Crippen LogP contribution is -2.50. The highest BCUT2D eigenvalue weighted by Crippen LogP contribution is 2.35. The lowest BCUT2D eigenvalue weighted by molar-refractivity contribution is -0.310. The number of amides is 1. The topological polar surface area (TPSA) is 77.5 Å². The Morgan fingerprint density at radius 2 is 1.88 bits per heavy atom. The van der Waals surface area contributed by atoms with Gasteiger partial charge in [0.05, 0.1) is 16.9 Å². The van der Waals surface area contributed by atoms with E-state index in [0.29, 0.717) is 10.5 Å². The van der Waals surface area contributed by atoms with Gasteiger partial charge in [-0.1, -0.05) is 62.1 Å². The van der Waals surface area contributed by atoms with Gasteiger partial charge in [0, 0.05) is 5.56 Å². The summed E-state index contributed by atoms with van der Waals surface area (Å²) in [5.74, 6) is -1.66. The molecular weight excluding hydrogens is 346 g/mol. The van der Waals surface area contributed by atoms with Gasteiger partial charge in [0.1, 0.15) is 10.6 Å². The molecule has 1 fully saturated rings. The normalized spacial score (nSPS) is 17.6. The van der Waals surface area contributed by atoms with Crippen molar-refractivity contribution in [1.82, 2.24) is 4.90 Å². The number of thiocarbonyl (C=S) groups is 1. The maximum absolute atomic E-state index is 12.6. The molecule has 1 amide bonds. The number of benzene rings is 1. The smallest absolute Gasteiger partial charge is 0.266 e. The Hall–Kier alpha value is -1.99. The van der Waals surface area contributed by atoms with Crippen LogP contribution >= 0.6 is 24.0 Å². The Bertz CT molecular complexity index is 710. The van der Waals surface area contributed by atoms with Gasteiger partial charge in [0.25, 0.3) is 5.91 Å². The molecule has 0 N–H and O–H groups in total. The second-order valence-electron chi connectivity index (χ2n) is 5.80. The molecule has 0 aliphatic carbocycles. The van der Waals surface area contributed by atoms with Crippen molar-refractivity contribution in [3.8, 4) is 0 Å². The molecule has 0 saturated carbocycles. The van der Waals surface area contributed by atoms with Crippen molar-refractivity contribution in [2.45, 2.75) is 26.3 Å². The van der Waals surface area contributed by atoms with Gasteiger partial charge >= 0.3 is 0 Å². The van der Waals surface area contributed by atoms with Gasteiger partial charge in [0.15, 0.2) is 0 Å². The first-order valence-electron chi connectivity index (χ1n) is 7.36. The highest BCUT2D eigenvalue weighted by molar-refractivity contribution is 8.26. The molecule has 0 aromatic heterocycles. The zero-order chi connectivity index (χ0) is 17.9. The zero-order valence-corrected chi connectivity index (χ0v) is 14.9. The van der Waals surface area contributed by atoms with Crippen molar-refractivity contribution < 1.29 is 19.5 Å². The van der Waals surface area contributed by atoms with Gasteiger partial charge in [-0.15, -0.1) is 0 Å². The van der Waals surface area contributed by atoms with E-state index < -0.39 is 17.9 Å². The van der Waals surface area contributed by atoms with Crippen LogP contribution in [0.15, 0.2) is 29.2 Å². The third-order valence-corrected chi connectivity index (χ3v) is 4.80. The molecule has 0 bridgehead atoms. The third-order valence-electron chi connectivity index (χ3n) is 3.47. The number of carbonyl (C=O) groups excluding carboxylic acids is 3. The largest absolute Gasteiger partial charge is 0.548 e. The van der Waals surface area contributed by atoms with Crippen molar-refractivity contribution in [3.63, 3.8) is 0 Å². The van der Waals surface area contributed by atoms with Crippen LogP contribution in [0.2, 0.25) is 0 Å². The molecule has 5 nitrogen and oxygen atoms in total. The number of aldehydes is 1. The number of hydrogen-bond acceptors (Lipinski definition) is 6. The van der Waals surface area contributed by atoms with Crippen molar-refractivity contribution in [1.29, 1.82) is 0 Å². The summed E-state index contributed by atoms with van der Waals surface area (Å²) in [5, 5.41) is 11.4. The van der Waals surface area contributed by atoms with Crippen molar-refractivity contribution in [2.24, 2.45) is 5.92 Å². The molecule has 0 radical (unpaired) electrons. The Kier molecular flexibility index (Phi) is 5.90. The fraction of sp³-hybridized carbons (Fsp3) is 0.294. The molecule has 7 heteroatoms. The van der Waals surface area contributed by atoms with Crippen LogP contribution in [-0.4, -0.2) is 33.4 Å². The minimum absolute atomic E-state index is 0.0809. The van der Waals surface area contributed by atoms with Crippen LogP contribution in [0.1, 0.15) is 36.2 Å². The van der Waals surface area contributed by atoms with Gasteiger partial charge in [-0.25, -0.2) is 0 Å². The summed E-state index contributed by atoms with van der Waals surface area (Å²) in [6.07, 6.45) is 2.64. The highest BCUT2D eigenvalue weighted by Gasteiger charge is 2.37. The summed E-state index contributed by atoms with van der Waals surface area (Å²) in [4.78, 5) is 36.1. The first kappa shape index (κ1) is 18.4. The van der Waals surface area contributed by atoms with Crippen molar-refractivity contribution in [2.75, 3.05) is 0 Å². The van der Waals surface area contributed by atoms with E-state index in [0.717, 1.165) is 28.5 Å². The summed E-state index contributed by atoms with van der Waals surface area (Å²) >= 11 is 6.26. The molecule has 1 aromatic rings. The van der Waals surface area contributed by atoms with Gasteiger partial charge < -0.3 is 9.90 Å². The predicted octanol–water partition coefficient (Wildman–Crippen LogP) is 1.86. The number of hydrogen-bond donors (Lipinski definition) is 0. The van der Waals surface area contributed by atoms with Crippen LogP contribution in [0.5, 0.6) is 0 Å². The molecule has 0 unspecified atom stereocenters. The minimum Gasteiger partial charge on any atom is -0.548 e. The third kappa shape index (κ3) is 4.10. The highest BCUT2D eigenvalue weighted by atomic mass is 32.2. The lowest BCUT2D eigenvalue weighted by atomic mass is 10.0. The Labute approximate surface area is 149 Å². The van der Waals surface area contributed by atoms with Crippen LogP contribution in [-0.2, 0) is 9.59 Å². The number of nitrogens with zero attached hydrogens (tertiary/aromatic N) is 1. The monoisotopic (exact) mass is 362 g/mol. The molecular formula is C17H16NO4S2-. The molecule has 126 valence electrons. The SMILES string of the molecule is CC(C)C[C@@H](C(=O)[O-])N1C(=O)/C(=C/c2ccc(C=O)cc2)SC1=S. The summed E-state index contributed by atoms with van der Waals surface area (Å²) in [6, 6.07) is 5.63. The maximum atomic E-state index is 12.6. The van der Waals surface area contributed by atoms with Crippen LogP contribution in [0.4, 0.5) is 0 Å². The van der Waals surface area contributed by atoms with Gasteiger partial charge in [-0.05, 0) is 24.0 Å². The fourth-order valence-electron chi connectivity index (χ4n) is 2.32. The predicted molar refractivity (Wildman–Crippen MR) is 95.1 cm³/mol. The van der Waals surface area contributed by atoms with Gasteiger partial charge in [0.2, 0.25) is 0 Å². The van der Waals surface area contributed by atoms with E-state index in [2.05, 4.69) is 0 Å². The van der Waals surface area contributed by atoms with Crippen molar-refractivity contribution >= 4 is 52.5 Å². The average Bonchev–Trinajstić information content (AvgIpc) is 2.79. The minimum atomic E-state index is -1.31. The fourth-order valence-corrected chi connectivity index (χ4v) is 3.68. The lowest BCUT2D eigenvalue weighted by Gasteiger charge is -2.28. The number of thioether (sulfide) groups is 1. The second-order valence-corrected chi connectivity index (χ2v) is 7.48. The van der Waals surface area contributed by atoms with E-state index in [1.165, 1.54) is 0 Å². The molecule has 1 aliphatic rings. The van der Waals surface area contributed by atoms with Crippen LogP contribution < -0.4 is 5.11 Å². The molecule has 1 aliphatic heterocycles. The van der Waals surface area contributed by atoms with Crippen molar-refractivity contribution in [3.05, 3.63) is 40.3 Å². The maximum Gasteiger partial charge on any atom is 0.266 e. The van der Waals surface area contributed by atoms with E-state index in [4.69, 9.17) is 12.2 Å². The van der Waals surface area contributed by atoms with E-state index in [-0.39, 0.29) is 16.7 Å². The van der Waals surface area contributed by atoms with E-state index in [9.17, 15) is 19.5 Å². The quantitative estimate of drug-likeness (QED) is 0.437. The summed E-state index contributed by atoms with van der Waals surface area (Å²) in [5.41, 5.74) is 1.27. The van der Waals surface area contributed by atoms with Crippen LogP contribution in [0.25, 0.3) is 6.08 Å². The van der Waals surface area contributed by atoms with Crippen LogP contribution in [0, 0.1) is 5.92 Å². The molecule has 1 atom stereocenters. The molecule has 1 saturated heterocycles. The Balaban J connectivity index is 2.27. The standard InChI is InChI=1S/C17H17NO4S2/c1-10(2)7-13(16(21)22)18-15(20)14(24-17(18)23)8-11-3-5-12(9-19)6-4-11/h3-6,8-10,13H,7H2,1-2H3,(H,21,22)/p-1/b14-8-/t13-/m0/s1. The number of carbonyl (C=O) groups is 3. The molecule has 1 heterocycles. The molecule has 0 spiro atoms. The van der Waals surface area contributed by atoms with Gasteiger partial charge in [-0.2, -0.15) is 0 Å². The zero-order valence-electron chi connectivity index (χ0n) is 13.2. The number of carboxylic acid groups (broad SMARTS) is 1. The average molecular weight is 362 g/mol. The number of carboxylic acids is 1. The second kappa shape index (κ2) is 7.72. The molecule has 1 aromatic carbocycles. The molecule has 24 heavy (non-hydrogen) atoms.